The van der Waals surface area contributed by atoms with Crippen LogP contribution in [0.5, 0.6) is 0 Å². The van der Waals surface area contributed by atoms with Gasteiger partial charge in [0.05, 0.1) is 11.7 Å². The van der Waals surface area contributed by atoms with Crippen LogP contribution in [0.3, 0.4) is 0 Å². The number of amides is 1. The second-order valence-electron chi connectivity index (χ2n) is 6.44. The number of aromatic nitrogens is 1. The minimum Gasteiger partial charge on any atom is -0.362 e. The van der Waals surface area contributed by atoms with Gasteiger partial charge < -0.3 is 4.98 Å². The Balaban J connectivity index is 1.86. The van der Waals surface area contributed by atoms with Crippen LogP contribution in [-0.2, 0) is 0 Å². The Labute approximate surface area is 147 Å². The standard InChI is InChI=1S/C22H20N2O/c1-15-14-19(16(2)23-15)21-13-12-17-8-6-7-11-20(17)24(21)22(25)18-9-4-3-5-10-18/h3-14,21,23H,1-2H3. The topological polar surface area (TPSA) is 36.1 Å². The minimum atomic E-state index is -0.118. The minimum absolute atomic E-state index is 0.0145. The molecule has 1 aromatic heterocycles. The molecule has 3 heteroatoms. The van der Waals surface area contributed by atoms with Crippen LogP contribution in [0.1, 0.15) is 38.9 Å². The molecule has 1 N–H and O–H groups in total. The first kappa shape index (κ1) is 15.5. The van der Waals surface area contributed by atoms with Gasteiger partial charge in [0.2, 0.25) is 0 Å². The molecule has 3 aromatic rings. The number of hydrogen-bond donors (Lipinski definition) is 1. The lowest BCUT2D eigenvalue weighted by Gasteiger charge is -2.34. The number of rotatable bonds is 2. The second-order valence-corrected chi connectivity index (χ2v) is 6.44. The molecule has 0 fully saturated rings. The van der Waals surface area contributed by atoms with Crippen LogP contribution in [0.15, 0.2) is 66.7 Å². The van der Waals surface area contributed by atoms with Gasteiger partial charge in [0, 0.05) is 17.0 Å². The first-order chi connectivity index (χ1) is 12.1. The van der Waals surface area contributed by atoms with Crippen LogP contribution < -0.4 is 4.90 Å². The van der Waals surface area contributed by atoms with Crippen LogP contribution in [0.2, 0.25) is 0 Å². The molecule has 0 radical (unpaired) electrons. The van der Waals surface area contributed by atoms with Gasteiger partial charge >= 0.3 is 0 Å². The third kappa shape index (κ3) is 2.68. The van der Waals surface area contributed by atoms with Gasteiger partial charge in [-0.05, 0) is 49.2 Å². The summed E-state index contributed by atoms with van der Waals surface area (Å²) in [5.74, 6) is 0.0145. The van der Waals surface area contributed by atoms with Gasteiger partial charge in [0.15, 0.2) is 0 Å². The van der Waals surface area contributed by atoms with Gasteiger partial charge in [-0.3, -0.25) is 9.69 Å². The summed E-state index contributed by atoms with van der Waals surface area (Å²) in [7, 11) is 0. The number of benzene rings is 2. The number of H-pyrrole nitrogens is 1. The molecule has 0 aliphatic carbocycles. The van der Waals surface area contributed by atoms with E-state index < -0.39 is 0 Å². The number of hydrogen-bond acceptors (Lipinski definition) is 1. The van der Waals surface area contributed by atoms with E-state index in [4.69, 9.17) is 0 Å². The summed E-state index contributed by atoms with van der Waals surface area (Å²) in [5, 5.41) is 0. The molecule has 1 aliphatic rings. The smallest absolute Gasteiger partial charge is 0.259 e. The summed E-state index contributed by atoms with van der Waals surface area (Å²) < 4.78 is 0. The Morgan fingerprint density at radius 2 is 1.72 bits per heavy atom. The van der Waals surface area contributed by atoms with Crippen molar-refractivity contribution in [2.75, 3.05) is 4.90 Å². The van der Waals surface area contributed by atoms with E-state index in [0.29, 0.717) is 5.56 Å². The lowest BCUT2D eigenvalue weighted by Crippen LogP contribution is -2.36. The van der Waals surface area contributed by atoms with Crippen LogP contribution in [0.25, 0.3) is 6.08 Å². The molecule has 1 amide bonds. The van der Waals surface area contributed by atoms with E-state index in [9.17, 15) is 4.79 Å². The molecule has 0 saturated heterocycles. The maximum absolute atomic E-state index is 13.3. The van der Waals surface area contributed by atoms with E-state index in [2.05, 4.69) is 30.1 Å². The molecule has 124 valence electrons. The highest BCUT2D eigenvalue weighted by molar-refractivity contribution is 6.08. The number of fused-ring (bicyclic) bond motifs is 1. The van der Waals surface area contributed by atoms with E-state index >= 15 is 0 Å². The average molecular weight is 328 g/mol. The van der Waals surface area contributed by atoms with Crippen LogP contribution in [0, 0.1) is 13.8 Å². The molecule has 1 unspecified atom stereocenters. The van der Waals surface area contributed by atoms with Crippen molar-refractivity contribution in [2.24, 2.45) is 0 Å². The Morgan fingerprint density at radius 1 is 1.00 bits per heavy atom. The van der Waals surface area contributed by atoms with E-state index in [1.165, 1.54) is 0 Å². The van der Waals surface area contributed by atoms with Crippen LogP contribution >= 0.6 is 0 Å². The first-order valence-electron chi connectivity index (χ1n) is 8.47. The van der Waals surface area contributed by atoms with Crippen LogP contribution in [0.4, 0.5) is 5.69 Å². The van der Waals surface area contributed by atoms with Crippen molar-refractivity contribution >= 4 is 17.7 Å². The zero-order chi connectivity index (χ0) is 17.4. The Kier molecular flexibility index (Phi) is 3.77. The van der Waals surface area contributed by atoms with Crippen molar-refractivity contribution in [1.82, 2.24) is 4.98 Å². The highest BCUT2D eigenvalue weighted by Crippen LogP contribution is 2.38. The summed E-state index contributed by atoms with van der Waals surface area (Å²) in [5.41, 5.74) is 6.04. The summed E-state index contributed by atoms with van der Waals surface area (Å²) >= 11 is 0. The largest absolute Gasteiger partial charge is 0.362 e. The number of carbonyl (C=O) groups is 1. The van der Waals surface area contributed by atoms with Crippen molar-refractivity contribution in [3.8, 4) is 0 Å². The van der Waals surface area contributed by atoms with Gasteiger partial charge in [0.25, 0.3) is 5.91 Å². The normalized spacial score (nSPS) is 15.9. The summed E-state index contributed by atoms with van der Waals surface area (Å²) in [6.07, 6.45) is 4.22. The third-order valence-electron chi connectivity index (χ3n) is 4.68. The number of anilines is 1. The van der Waals surface area contributed by atoms with Gasteiger partial charge in [-0.2, -0.15) is 0 Å². The van der Waals surface area contributed by atoms with E-state index in [-0.39, 0.29) is 11.9 Å². The van der Waals surface area contributed by atoms with Crippen molar-refractivity contribution in [3.05, 3.63) is 94.8 Å². The quantitative estimate of drug-likeness (QED) is 0.702. The van der Waals surface area contributed by atoms with Crippen molar-refractivity contribution < 1.29 is 4.79 Å². The fraction of sp³-hybridized carbons (Fsp3) is 0.136. The number of para-hydroxylation sites is 1. The molecule has 0 spiro atoms. The molecule has 0 bridgehead atoms. The number of nitrogens with one attached hydrogen (secondary N) is 1. The molecule has 1 aliphatic heterocycles. The van der Waals surface area contributed by atoms with E-state index in [1.807, 2.05) is 66.4 Å². The maximum Gasteiger partial charge on any atom is 0.259 e. The predicted molar refractivity (Wildman–Crippen MR) is 102 cm³/mol. The highest BCUT2D eigenvalue weighted by Gasteiger charge is 2.31. The third-order valence-corrected chi connectivity index (χ3v) is 4.68. The molecule has 4 rings (SSSR count). The molecular formula is C22H20N2O. The van der Waals surface area contributed by atoms with Crippen molar-refractivity contribution in [3.63, 3.8) is 0 Å². The summed E-state index contributed by atoms with van der Waals surface area (Å²) in [6, 6.07) is 19.5. The molecule has 2 aromatic carbocycles. The SMILES string of the molecule is Cc1cc(C2C=Cc3ccccc3N2C(=O)c2ccccc2)c(C)[nH]1. The molecule has 3 nitrogen and oxygen atoms in total. The number of nitrogens with zero attached hydrogens (tertiary/aromatic N) is 1. The summed E-state index contributed by atoms with van der Waals surface area (Å²) in [6.45, 7) is 4.10. The molecule has 1 atom stereocenters. The maximum atomic E-state index is 13.3. The van der Waals surface area contributed by atoms with Crippen molar-refractivity contribution in [2.45, 2.75) is 19.9 Å². The number of aryl methyl sites for hydroxylation is 2. The predicted octanol–water partition coefficient (Wildman–Crippen LogP) is 5.05. The summed E-state index contributed by atoms with van der Waals surface area (Å²) in [4.78, 5) is 18.6. The monoisotopic (exact) mass is 328 g/mol. The van der Waals surface area contributed by atoms with E-state index in [0.717, 1.165) is 28.2 Å². The Morgan fingerprint density at radius 3 is 2.44 bits per heavy atom. The lowest BCUT2D eigenvalue weighted by molar-refractivity contribution is 0.0980. The number of carbonyl (C=O) groups excluding carboxylic acids is 1. The van der Waals surface area contributed by atoms with Gasteiger partial charge in [-0.1, -0.05) is 48.6 Å². The van der Waals surface area contributed by atoms with Gasteiger partial charge in [0.1, 0.15) is 0 Å². The van der Waals surface area contributed by atoms with E-state index in [1.54, 1.807) is 0 Å². The van der Waals surface area contributed by atoms with Crippen molar-refractivity contribution in [1.29, 1.82) is 0 Å². The highest BCUT2D eigenvalue weighted by atomic mass is 16.2. The lowest BCUT2D eigenvalue weighted by atomic mass is 9.96. The molecule has 2 heterocycles. The fourth-order valence-electron chi connectivity index (χ4n) is 3.53. The second kappa shape index (κ2) is 6.10. The fourth-order valence-corrected chi connectivity index (χ4v) is 3.53. The number of aromatic amines is 1. The molecular weight excluding hydrogens is 308 g/mol. The molecule has 0 saturated carbocycles. The average Bonchev–Trinajstić information content (AvgIpc) is 2.99. The Bertz CT molecular complexity index is 953. The zero-order valence-corrected chi connectivity index (χ0v) is 14.4. The zero-order valence-electron chi connectivity index (χ0n) is 14.4. The van der Waals surface area contributed by atoms with Gasteiger partial charge in [-0.25, -0.2) is 0 Å². The first-order valence-corrected chi connectivity index (χ1v) is 8.47. The van der Waals surface area contributed by atoms with Gasteiger partial charge in [-0.15, -0.1) is 0 Å². The molecule has 25 heavy (non-hydrogen) atoms. The van der Waals surface area contributed by atoms with Crippen LogP contribution in [-0.4, -0.2) is 10.9 Å². The Hall–Kier alpha value is -3.07.